The number of furan rings is 1. The molecule has 0 aliphatic rings. The quantitative estimate of drug-likeness (QED) is 0.537. The molecule has 0 saturated heterocycles. The van der Waals surface area contributed by atoms with E-state index in [9.17, 15) is 14.4 Å². The third kappa shape index (κ3) is 3.70. The zero-order chi connectivity index (χ0) is 18.5. The molecule has 0 bridgehead atoms. The van der Waals surface area contributed by atoms with Crippen molar-refractivity contribution in [2.75, 3.05) is 5.32 Å². The fourth-order valence-corrected chi connectivity index (χ4v) is 2.43. The van der Waals surface area contributed by atoms with Gasteiger partial charge in [-0.25, -0.2) is 4.39 Å². The van der Waals surface area contributed by atoms with Gasteiger partial charge in [0, 0.05) is 11.8 Å². The van der Waals surface area contributed by atoms with Gasteiger partial charge in [-0.2, -0.15) is 5.26 Å². The lowest BCUT2D eigenvalue weighted by Gasteiger charge is -2.06. The van der Waals surface area contributed by atoms with Crippen LogP contribution in [0.5, 0.6) is 0 Å². The number of para-hydroxylation sites is 1. The summed E-state index contributed by atoms with van der Waals surface area (Å²) in [5.41, 5.74) is 1.72. The van der Waals surface area contributed by atoms with E-state index in [4.69, 9.17) is 4.42 Å². The van der Waals surface area contributed by atoms with E-state index in [1.54, 1.807) is 42.5 Å². The van der Waals surface area contributed by atoms with Crippen LogP contribution < -0.4 is 5.32 Å². The molecule has 0 saturated carbocycles. The number of rotatable bonds is 4. The fraction of sp³-hybridized carbons (Fsp3) is 0.0476. The summed E-state index contributed by atoms with van der Waals surface area (Å²) >= 11 is 0. The van der Waals surface area contributed by atoms with Crippen LogP contribution in [0.15, 0.2) is 70.7 Å². The number of carbonyl (C=O) groups excluding carboxylic acids is 1. The summed E-state index contributed by atoms with van der Waals surface area (Å²) in [6, 6.07) is 18.5. The van der Waals surface area contributed by atoms with E-state index in [0.29, 0.717) is 22.8 Å². The van der Waals surface area contributed by atoms with Crippen LogP contribution in [-0.4, -0.2) is 5.91 Å². The van der Waals surface area contributed by atoms with Crippen LogP contribution in [0.3, 0.4) is 0 Å². The summed E-state index contributed by atoms with van der Waals surface area (Å²) in [6.07, 6.45) is 1.33. The first-order chi connectivity index (χ1) is 12.6. The van der Waals surface area contributed by atoms with Gasteiger partial charge in [0.2, 0.25) is 0 Å². The number of amides is 1. The van der Waals surface area contributed by atoms with Crippen LogP contribution in [0.1, 0.15) is 11.3 Å². The Bertz CT molecular complexity index is 1030. The van der Waals surface area contributed by atoms with Gasteiger partial charge >= 0.3 is 0 Å². The molecule has 1 amide bonds. The van der Waals surface area contributed by atoms with Gasteiger partial charge in [0.05, 0.1) is 5.56 Å². The number of anilines is 1. The number of carbonyl (C=O) groups is 1. The van der Waals surface area contributed by atoms with Crippen molar-refractivity contribution in [3.05, 3.63) is 83.4 Å². The van der Waals surface area contributed by atoms with Crippen molar-refractivity contribution in [1.29, 1.82) is 5.26 Å². The minimum Gasteiger partial charge on any atom is -0.457 e. The van der Waals surface area contributed by atoms with Gasteiger partial charge in [0.1, 0.15) is 29.0 Å². The molecule has 3 rings (SSSR count). The second-order valence-corrected chi connectivity index (χ2v) is 5.62. The fourth-order valence-electron chi connectivity index (χ4n) is 2.43. The molecule has 0 atom stereocenters. The molecule has 0 aliphatic carbocycles. The van der Waals surface area contributed by atoms with Crippen molar-refractivity contribution in [2.24, 2.45) is 0 Å². The van der Waals surface area contributed by atoms with E-state index in [0.717, 1.165) is 5.56 Å². The predicted molar refractivity (Wildman–Crippen MR) is 97.5 cm³/mol. The van der Waals surface area contributed by atoms with Gasteiger partial charge in [-0.1, -0.05) is 30.3 Å². The Morgan fingerprint density at radius 3 is 2.58 bits per heavy atom. The van der Waals surface area contributed by atoms with Crippen LogP contribution in [0.4, 0.5) is 10.1 Å². The molecule has 128 valence electrons. The van der Waals surface area contributed by atoms with Crippen molar-refractivity contribution in [2.45, 2.75) is 6.92 Å². The number of nitriles is 1. The van der Waals surface area contributed by atoms with Crippen LogP contribution in [-0.2, 0) is 4.79 Å². The van der Waals surface area contributed by atoms with Crippen LogP contribution in [0, 0.1) is 24.1 Å². The van der Waals surface area contributed by atoms with E-state index in [1.165, 1.54) is 12.1 Å². The number of hydrogen-bond acceptors (Lipinski definition) is 3. The third-order valence-corrected chi connectivity index (χ3v) is 3.81. The summed E-state index contributed by atoms with van der Waals surface area (Å²) in [7, 11) is 0. The summed E-state index contributed by atoms with van der Waals surface area (Å²) in [4.78, 5) is 12.3. The first kappa shape index (κ1) is 17.2. The Labute approximate surface area is 150 Å². The normalized spacial score (nSPS) is 11.0. The monoisotopic (exact) mass is 346 g/mol. The van der Waals surface area contributed by atoms with Crippen LogP contribution >= 0.6 is 0 Å². The van der Waals surface area contributed by atoms with Crippen molar-refractivity contribution in [3.63, 3.8) is 0 Å². The van der Waals surface area contributed by atoms with Gasteiger partial charge in [0.25, 0.3) is 5.91 Å². The maximum atomic E-state index is 13.8. The number of nitrogens with zero attached hydrogens (tertiary/aromatic N) is 1. The molecule has 0 unspecified atom stereocenters. The van der Waals surface area contributed by atoms with E-state index in [2.05, 4.69) is 5.32 Å². The molecule has 1 heterocycles. The molecule has 26 heavy (non-hydrogen) atoms. The molecule has 0 radical (unpaired) electrons. The van der Waals surface area contributed by atoms with Gasteiger partial charge in [0.15, 0.2) is 0 Å². The first-order valence-electron chi connectivity index (χ1n) is 7.92. The number of aryl methyl sites for hydroxylation is 1. The number of benzene rings is 2. The number of hydrogen-bond donors (Lipinski definition) is 1. The zero-order valence-electron chi connectivity index (χ0n) is 14.0. The molecular weight excluding hydrogens is 331 g/mol. The predicted octanol–water partition coefficient (Wildman–Crippen LogP) is 4.94. The van der Waals surface area contributed by atoms with Crippen molar-refractivity contribution in [3.8, 4) is 17.4 Å². The SMILES string of the molecule is Cc1ccccc1NC(=O)/C(C#N)=C/c1ccc(-c2ccccc2F)o1. The molecule has 0 aliphatic heterocycles. The Hall–Kier alpha value is -3.65. The smallest absolute Gasteiger partial charge is 0.266 e. The Kier molecular flexibility index (Phi) is 4.95. The topological polar surface area (TPSA) is 66.0 Å². The minimum atomic E-state index is -0.536. The molecule has 1 N–H and O–H groups in total. The maximum Gasteiger partial charge on any atom is 0.266 e. The van der Waals surface area contributed by atoms with Crippen molar-refractivity contribution < 1.29 is 13.6 Å². The molecule has 1 aromatic heterocycles. The molecule has 0 fully saturated rings. The molecule has 2 aromatic carbocycles. The number of nitrogens with one attached hydrogen (secondary N) is 1. The molecule has 0 spiro atoms. The highest BCUT2D eigenvalue weighted by molar-refractivity contribution is 6.09. The summed E-state index contributed by atoms with van der Waals surface area (Å²) in [6.45, 7) is 1.86. The van der Waals surface area contributed by atoms with E-state index < -0.39 is 11.7 Å². The molecule has 4 nitrogen and oxygen atoms in total. The first-order valence-corrected chi connectivity index (χ1v) is 7.92. The van der Waals surface area contributed by atoms with E-state index in [-0.39, 0.29) is 5.57 Å². The average Bonchev–Trinajstić information content (AvgIpc) is 3.10. The number of halogens is 1. The lowest BCUT2D eigenvalue weighted by Crippen LogP contribution is -2.14. The Morgan fingerprint density at radius 2 is 1.85 bits per heavy atom. The highest BCUT2D eigenvalue weighted by Gasteiger charge is 2.13. The minimum absolute atomic E-state index is 0.109. The van der Waals surface area contributed by atoms with Gasteiger partial charge in [-0.05, 0) is 42.8 Å². The second-order valence-electron chi connectivity index (χ2n) is 5.62. The summed E-state index contributed by atoms with van der Waals surface area (Å²) in [5, 5.41) is 12.0. The Balaban J connectivity index is 1.84. The van der Waals surface area contributed by atoms with E-state index >= 15 is 0 Å². The molecule has 5 heteroatoms. The van der Waals surface area contributed by atoms with Gasteiger partial charge in [-0.3, -0.25) is 4.79 Å². The third-order valence-electron chi connectivity index (χ3n) is 3.81. The van der Waals surface area contributed by atoms with Crippen LogP contribution in [0.25, 0.3) is 17.4 Å². The zero-order valence-corrected chi connectivity index (χ0v) is 14.0. The van der Waals surface area contributed by atoms with E-state index in [1.807, 2.05) is 25.1 Å². The van der Waals surface area contributed by atoms with Crippen LogP contribution in [0.2, 0.25) is 0 Å². The lowest BCUT2D eigenvalue weighted by molar-refractivity contribution is -0.112. The standard InChI is InChI=1S/C21H15FN2O2/c1-14-6-2-5-9-19(14)24-21(25)15(13-23)12-16-10-11-20(26-16)17-7-3-4-8-18(17)22/h2-12H,1H3,(H,24,25)/b15-12+. The molecular formula is C21H15FN2O2. The highest BCUT2D eigenvalue weighted by Crippen LogP contribution is 2.26. The summed E-state index contributed by atoms with van der Waals surface area (Å²) in [5.74, 6) is -0.327. The largest absolute Gasteiger partial charge is 0.457 e. The second kappa shape index (κ2) is 7.49. The van der Waals surface area contributed by atoms with Gasteiger partial charge in [-0.15, -0.1) is 0 Å². The summed E-state index contributed by atoms with van der Waals surface area (Å²) < 4.78 is 19.4. The average molecular weight is 346 g/mol. The van der Waals surface area contributed by atoms with Crippen molar-refractivity contribution >= 4 is 17.7 Å². The highest BCUT2D eigenvalue weighted by atomic mass is 19.1. The lowest BCUT2D eigenvalue weighted by atomic mass is 10.1. The Morgan fingerprint density at radius 1 is 1.12 bits per heavy atom. The van der Waals surface area contributed by atoms with Crippen molar-refractivity contribution in [1.82, 2.24) is 0 Å². The van der Waals surface area contributed by atoms with Gasteiger partial charge < -0.3 is 9.73 Å². The molecule has 3 aromatic rings. The maximum absolute atomic E-state index is 13.8.